The van der Waals surface area contributed by atoms with Crippen molar-refractivity contribution in [2.45, 2.75) is 25.9 Å². The molecule has 7 heteroatoms. The molecule has 0 unspecified atom stereocenters. The molecular formula is C26H26Cl2N2O3. The van der Waals surface area contributed by atoms with Crippen LogP contribution in [0.3, 0.4) is 0 Å². The number of ether oxygens (including phenoxy) is 2. The Kier molecular flexibility index (Phi) is 7.63. The summed E-state index contributed by atoms with van der Waals surface area (Å²) in [6, 6.07) is 18.2. The number of halogens is 2. The first kappa shape index (κ1) is 23.3. The highest BCUT2D eigenvalue weighted by Gasteiger charge is 2.16. The molecule has 1 aliphatic heterocycles. The van der Waals surface area contributed by atoms with E-state index in [4.69, 9.17) is 32.7 Å². The van der Waals surface area contributed by atoms with Gasteiger partial charge in [0.05, 0.1) is 17.8 Å². The molecule has 1 N–H and O–H groups in total. The van der Waals surface area contributed by atoms with Crippen molar-refractivity contribution in [1.29, 1.82) is 0 Å². The fourth-order valence-electron chi connectivity index (χ4n) is 3.85. The SMILES string of the molecule is COc1cc(C(=O)Nc2ccc(N3CCCCC3)c(Cl)c2)ccc1OCc1ccc(Cl)cc1. The van der Waals surface area contributed by atoms with Gasteiger partial charge in [-0.1, -0.05) is 35.3 Å². The van der Waals surface area contributed by atoms with Crippen molar-refractivity contribution in [2.75, 3.05) is 30.4 Å². The second kappa shape index (κ2) is 10.8. The van der Waals surface area contributed by atoms with Crippen LogP contribution in [0.5, 0.6) is 11.5 Å². The summed E-state index contributed by atoms with van der Waals surface area (Å²) in [5.74, 6) is 0.785. The summed E-state index contributed by atoms with van der Waals surface area (Å²) in [6.45, 7) is 2.39. The van der Waals surface area contributed by atoms with Gasteiger partial charge < -0.3 is 19.7 Å². The van der Waals surface area contributed by atoms with Gasteiger partial charge in [-0.05, 0) is 73.4 Å². The van der Waals surface area contributed by atoms with Gasteiger partial charge in [-0.2, -0.15) is 0 Å². The molecule has 1 heterocycles. The van der Waals surface area contributed by atoms with E-state index in [1.165, 1.54) is 19.3 Å². The number of hydrogen-bond acceptors (Lipinski definition) is 4. The first-order valence-corrected chi connectivity index (χ1v) is 11.7. The maximum Gasteiger partial charge on any atom is 0.255 e. The molecule has 0 saturated carbocycles. The summed E-state index contributed by atoms with van der Waals surface area (Å²) in [6.07, 6.45) is 3.61. The van der Waals surface area contributed by atoms with Gasteiger partial charge in [-0.25, -0.2) is 0 Å². The average molecular weight is 485 g/mol. The number of methoxy groups -OCH3 is 1. The Morgan fingerprint density at radius 2 is 1.70 bits per heavy atom. The highest BCUT2D eigenvalue weighted by atomic mass is 35.5. The third kappa shape index (κ3) is 5.92. The topological polar surface area (TPSA) is 50.8 Å². The molecule has 1 amide bonds. The van der Waals surface area contributed by atoms with E-state index in [0.29, 0.717) is 39.4 Å². The van der Waals surface area contributed by atoms with E-state index in [1.807, 2.05) is 36.4 Å². The van der Waals surface area contributed by atoms with Gasteiger partial charge in [0, 0.05) is 29.4 Å². The molecule has 1 saturated heterocycles. The number of rotatable bonds is 7. The molecule has 1 fully saturated rings. The second-order valence-electron chi connectivity index (χ2n) is 7.95. The van der Waals surface area contributed by atoms with Gasteiger partial charge in [-0.3, -0.25) is 4.79 Å². The van der Waals surface area contributed by atoms with Crippen LogP contribution in [0, 0.1) is 0 Å². The highest BCUT2D eigenvalue weighted by Crippen LogP contribution is 2.32. The fourth-order valence-corrected chi connectivity index (χ4v) is 4.28. The summed E-state index contributed by atoms with van der Waals surface area (Å²) in [5, 5.41) is 4.22. The van der Waals surface area contributed by atoms with Crippen LogP contribution in [-0.2, 0) is 6.61 Å². The minimum Gasteiger partial charge on any atom is -0.493 e. The highest BCUT2D eigenvalue weighted by molar-refractivity contribution is 6.33. The predicted octanol–water partition coefficient (Wildman–Crippen LogP) is 6.82. The summed E-state index contributed by atoms with van der Waals surface area (Å²) in [5.41, 5.74) is 3.10. The van der Waals surface area contributed by atoms with Crippen molar-refractivity contribution in [3.63, 3.8) is 0 Å². The standard InChI is InChI=1S/C26H26Cl2N2O3/c1-32-25-15-19(7-12-24(25)33-17-18-5-8-20(27)9-6-18)26(31)29-21-10-11-23(22(28)16-21)30-13-3-2-4-14-30/h5-12,15-16H,2-4,13-14,17H2,1H3,(H,29,31). The maximum absolute atomic E-state index is 12.8. The van der Waals surface area contributed by atoms with Gasteiger partial charge in [0.15, 0.2) is 11.5 Å². The Morgan fingerprint density at radius 3 is 2.39 bits per heavy atom. The largest absolute Gasteiger partial charge is 0.493 e. The molecule has 0 aliphatic carbocycles. The molecule has 172 valence electrons. The summed E-state index contributed by atoms with van der Waals surface area (Å²) in [4.78, 5) is 15.1. The van der Waals surface area contributed by atoms with Gasteiger partial charge in [0.1, 0.15) is 6.61 Å². The Morgan fingerprint density at radius 1 is 0.939 bits per heavy atom. The van der Waals surface area contributed by atoms with Crippen LogP contribution in [0.25, 0.3) is 0 Å². The zero-order valence-electron chi connectivity index (χ0n) is 18.4. The summed E-state index contributed by atoms with van der Waals surface area (Å²) >= 11 is 12.4. The van der Waals surface area contributed by atoms with Crippen molar-refractivity contribution in [2.24, 2.45) is 0 Å². The van der Waals surface area contributed by atoms with E-state index in [-0.39, 0.29) is 5.91 Å². The van der Waals surface area contributed by atoms with Crippen LogP contribution in [-0.4, -0.2) is 26.1 Å². The van der Waals surface area contributed by atoms with Gasteiger partial charge >= 0.3 is 0 Å². The van der Waals surface area contributed by atoms with E-state index < -0.39 is 0 Å². The molecule has 1 aliphatic rings. The Labute approximate surface area is 204 Å². The molecule has 3 aromatic rings. The number of anilines is 2. The van der Waals surface area contributed by atoms with E-state index in [0.717, 1.165) is 24.3 Å². The molecule has 4 rings (SSSR count). The number of nitrogens with zero attached hydrogens (tertiary/aromatic N) is 1. The number of piperidine rings is 1. The van der Waals surface area contributed by atoms with Crippen LogP contribution >= 0.6 is 23.2 Å². The van der Waals surface area contributed by atoms with E-state index >= 15 is 0 Å². The zero-order valence-corrected chi connectivity index (χ0v) is 20.0. The molecule has 3 aromatic carbocycles. The smallest absolute Gasteiger partial charge is 0.255 e. The van der Waals surface area contributed by atoms with Crippen LogP contribution in [0.1, 0.15) is 35.2 Å². The minimum absolute atomic E-state index is 0.251. The Balaban J connectivity index is 1.42. The van der Waals surface area contributed by atoms with E-state index in [2.05, 4.69) is 10.2 Å². The van der Waals surface area contributed by atoms with Gasteiger partial charge in [0.2, 0.25) is 0 Å². The molecule has 0 aromatic heterocycles. The first-order valence-electron chi connectivity index (χ1n) is 10.9. The van der Waals surface area contributed by atoms with Crippen LogP contribution in [0.4, 0.5) is 11.4 Å². The number of hydrogen-bond donors (Lipinski definition) is 1. The van der Waals surface area contributed by atoms with Crippen molar-refractivity contribution >= 4 is 40.5 Å². The molecule has 0 spiro atoms. The Bertz CT molecular complexity index is 1110. The molecule has 33 heavy (non-hydrogen) atoms. The third-order valence-electron chi connectivity index (χ3n) is 5.64. The third-order valence-corrected chi connectivity index (χ3v) is 6.19. The predicted molar refractivity (Wildman–Crippen MR) is 134 cm³/mol. The molecular weight excluding hydrogens is 459 g/mol. The van der Waals surface area contributed by atoms with Crippen molar-refractivity contribution in [1.82, 2.24) is 0 Å². The lowest BCUT2D eigenvalue weighted by Gasteiger charge is -2.29. The minimum atomic E-state index is -0.251. The van der Waals surface area contributed by atoms with Crippen molar-refractivity contribution < 1.29 is 14.3 Å². The molecule has 0 atom stereocenters. The van der Waals surface area contributed by atoms with Crippen LogP contribution in [0.2, 0.25) is 10.0 Å². The maximum atomic E-state index is 12.8. The van der Waals surface area contributed by atoms with E-state index in [1.54, 1.807) is 31.4 Å². The number of amides is 1. The van der Waals surface area contributed by atoms with Crippen molar-refractivity contribution in [3.8, 4) is 11.5 Å². The van der Waals surface area contributed by atoms with Crippen molar-refractivity contribution in [3.05, 3.63) is 81.8 Å². The number of carbonyl (C=O) groups is 1. The van der Waals surface area contributed by atoms with Crippen LogP contribution < -0.4 is 19.7 Å². The number of benzene rings is 3. The summed E-state index contributed by atoms with van der Waals surface area (Å²) < 4.78 is 11.3. The first-order chi connectivity index (χ1) is 16.0. The lowest BCUT2D eigenvalue weighted by Crippen LogP contribution is -2.29. The number of carbonyl (C=O) groups excluding carboxylic acids is 1. The van der Waals surface area contributed by atoms with Gasteiger partial charge in [0.25, 0.3) is 5.91 Å². The fraction of sp³-hybridized carbons (Fsp3) is 0.269. The molecule has 0 bridgehead atoms. The second-order valence-corrected chi connectivity index (χ2v) is 8.79. The van der Waals surface area contributed by atoms with Crippen LogP contribution in [0.15, 0.2) is 60.7 Å². The quantitative estimate of drug-likeness (QED) is 0.399. The average Bonchev–Trinajstić information content (AvgIpc) is 2.84. The monoisotopic (exact) mass is 484 g/mol. The van der Waals surface area contributed by atoms with E-state index in [9.17, 15) is 4.79 Å². The molecule has 5 nitrogen and oxygen atoms in total. The molecule has 0 radical (unpaired) electrons. The summed E-state index contributed by atoms with van der Waals surface area (Å²) in [7, 11) is 1.55. The normalized spacial score (nSPS) is 13.5. The lowest BCUT2D eigenvalue weighted by molar-refractivity contribution is 0.102. The lowest BCUT2D eigenvalue weighted by atomic mass is 10.1. The van der Waals surface area contributed by atoms with Gasteiger partial charge in [-0.15, -0.1) is 0 Å². The Hall–Kier alpha value is -2.89. The number of nitrogens with one attached hydrogen (secondary N) is 1. The zero-order chi connectivity index (χ0) is 23.2.